The van der Waals surface area contributed by atoms with E-state index in [1.807, 2.05) is 0 Å². The van der Waals surface area contributed by atoms with Crippen LogP contribution in [0.4, 0.5) is 0 Å². The van der Waals surface area contributed by atoms with E-state index in [0.717, 1.165) is 96.3 Å². The molecule has 0 amide bonds. The Hall–Kier alpha value is -3.41. The van der Waals surface area contributed by atoms with E-state index in [1.54, 1.807) is 0 Å². The molecule has 0 aliphatic heterocycles. The molecule has 0 rings (SSSR count). The molecule has 61 heavy (non-hydrogen) atoms. The molecule has 0 aromatic carbocycles. The predicted octanol–water partition coefficient (Wildman–Crippen LogP) is 16.4. The first kappa shape index (κ1) is 57.6. The third-order valence-electron chi connectivity index (χ3n) is 10.5. The topological polar surface area (TPSA) is 78.9 Å². The highest BCUT2D eigenvalue weighted by Gasteiger charge is 2.19. The number of carbonyl (C=O) groups excluding carboxylic acids is 3. The van der Waals surface area contributed by atoms with Crippen LogP contribution in [0.25, 0.3) is 0 Å². The molecule has 6 heteroatoms. The fourth-order valence-corrected chi connectivity index (χ4v) is 6.73. The second-order valence-corrected chi connectivity index (χ2v) is 16.4. The summed E-state index contributed by atoms with van der Waals surface area (Å²) in [5.74, 6) is -0.930. The van der Waals surface area contributed by atoms with Gasteiger partial charge in [-0.15, -0.1) is 0 Å². The van der Waals surface area contributed by atoms with E-state index in [2.05, 4.69) is 106 Å². The summed E-state index contributed by atoms with van der Waals surface area (Å²) in [6.45, 7) is 6.32. The number of carbonyl (C=O) groups is 3. The van der Waals surface area contributed by atoms with Crippen LogP contribution in [0.3, 0.4) is 0 Å². The second-order valence-electron chi connectivity index (χ2n) is 16.4. The molecule has 0 aliphatic carbocycles. The van der Waals surface area contributed by atoms with Crippen LogP contribution < -0.4 is 0 Å². The molecule has 1 atom stereocenters. The van der Waals surface area contributed by atoms with Gasteiger partial charge in [0.2, 0.25) is 0 Å². The van der Waals surface area contributed by atoms with Crippen molar-refractivity contribution in [2.45, 2.75) is 232 Å². The number of allylic oxidation sites excluding steroid dienone is 14. The van der Waals surface area contributed by atoms with E-state index in [4.69, 9.17) is 14.2 Å². The van der Waals surface area contributed by atoms with Crippen LogP contribution >= 0.6 is 0 Å². The van der Waals surface area contributed by atoms with Crippen molar-refractivity contribution in [2.24, 2.45) is 0 Å². The molecule has 0 spiro atoms. The smallest absolute Gasteiger partial charge is 0.306 e. The van der Waals surface area contributed by atoms with Gasteiger partial charge in [0.15, 0.2) is 6.10 Å². The summed E-state index contributed by atoms with van der Waals surface area (Å²) in [6.07, 6.45) is 62.7. The van der Waals surface area contributed by atoms with Gasteiger partial charge in [-0.25, -0.2) is 0 Å². The molecule has 0 aromatic heterocycles. The quantitative estimate of drug-likeness (QED) is 0.0200. The lowest BCUT2D eigenvalue weighted by atomic mass is 10.1. The summed E-state index contributed by atoms with van der Waals surface area (Å²) < 4.78 is 16.8. The van der Waals surface area contributed by atoms with E-state index < -0.39 is 6.10 Å². The highest BCUT2D eigenvalue weighted by atomic mass is 16.6. The van der Waals surface area contributed by atoms with Crippen LogP contribution in [0.5, 0.6) is 0 Å². The molecule has 0 radical (unpaired) electrons. The molecule has 0 aliphatic rings. The largest absolute Gasteiger partial charge is 0.462 e. The predicted molar refractivity (Wildman–Crippen MR) is 261 cm³/mol. The zero-order valence-electron chi connectivity index (χ0n) is 39.7. The number of unbranched alkanes of at least 4 members (excludes halogenated alkanes) is 23. The van der Waals surface area contributed by atoms with E-state index in [9.17, 15) is 14.4 Å². The second kappa shape index (κ2) is 49.2. The van der Waals surface area contributed by atoms with Crippen molar-refractivity contribution in [3.05, 3.63) is 85.1 Å². The van der Waals surface area contributed by atoms with Crippen molar-refractivity contribution in [3.8, 4) is 0 Å². The van der Waals surface area contributed by atoms with Crippen LogP contribution in [0.1, 0.15) is 226 Å². The maximum atomic E-state index is 12.8. The molecule has 6 nitrogen and oxygen atoms in total. The number of rotatable bonds is 44. The molecule has 0 saturated heterocycles. The fourth-order valence-electron chi connectivity index (χ4n) is 6.73. The molecule has 0 saturated carbocycles. The minimum absolute atomic E-state index is 0.0920. The number of esters is 3. The zero-order chi connectivity index (χ0) is 44.4. The van der Waals surface area contributed by atoms with Crippen molar-refractivity contribution in [2.75, 3.05) is 13.2 Å². The van der Waals surface area contributed by atoms with Crippen LogP contribution in [0.2, 0.25) is 0 Å². The summed E-state index contributed by atoms with van der Waals surface area (Å²) in [5.41, 5.74) is 0. The highest BCUT2D eigenvalue weighted by Crippen LogP contribution is 2.14. The Morgan fingerprint density at radius 2 is 0.656 bits per heavy atom. The molecule has 348 valence electrons. The number of hydrogen-bond donors (Lipinski definition) is 0. The van der Waals surface area contributed by atoms with Gasteiger partial charge in [0.05, 0.1) is 0 Å². The van der Waals surface area contributed by atoms with E-state index in [-0.39, 0.29) is 31.1 Å². The lowest BCUT2D eigenvalue weighted by molar-refractivity contribution is -0.167. The van der Waals surface area contributed by atoms with Gasteiger partial charge in [0, 0.05) is 19.3 Å². The normalized spacial score (nSPS) is 12.8. The Labute approximate surface area is 375 Å². The highest BCUT2D eigenvalue weighted by molar-refractivity contribution is 5.71. The Morgan fingerprint density at radius 3 is 1.03 bits per heavy atom. The van der Waals surface area contributed by atoms with Crippen LogP contribution in [-0.4, -0.2) is 37.2 Å². The van der Waals surface area contributed by atoms with Gasteiger partial charge in [-0.05, 0) is 83.5 Å². The first-order valence-corrected chi connectivity index (χ1v) is 25.2. The first-order chi connectivity index (χ1) is 30.0. The Balaban J connectivity index is 4.44. The number of hydrogen-bond acceptors (Lipinski definition) is 6. The SMILES string of the molecule is CC\C=C/C=C\C=C/CCCCCCCCCC(=O)OCC(COC(=O)CCCCCCC\C=C/C=C\C=C/CC)OC(=O)CCCCCCCCC/C=C\CCCCCC. The van der Waals surface area contributed by atoms with Gasteiger partial charge in [0.25, 0.3) is 0 Å². The Kier molecular flexibility index (Phi) is 46.5. The minimum atomic E-state index is -0.792. The lowest BCUT2D eigenvalue weighted by Gasteiger charge is -2.18. The van der Waals surface area contributed by atoms with Gasteiger partial charge < -0.3 is 14.2 Å². The van der Waals surface area contributed by atoms with Crippen LogP contribution in [0.15, 0.2) is 85.1 Å². The van der Waals surface area contributed by atoms with Crippen molar-refractivity contribution >= 4 is 17.9 Å². The monoisotopic (exact) mass is 849 g/mol. The summed E-state index contributed by atoms with van der Waals surface area (Å²) in [5, 5.41) is 0. The summed E-state index contributed by atoms with van der Waals surface area (Å²) in [4.78, 5) is 37.9. The standard InChI is InChI=1S/C55H92O6/c1-4-7-10-13-16-19-22-25-27-30-33-36-39-42-45-48-54(57)60-51-52(50-59-53(56)47-44-41-38-35-32-29-24-21-18-15-12-9-6-3)61-55(58)49-46-43-40-37-34-31-28-26-23-20-17-14-11-8-5-2/h7,9-10,12-13,15-16,18-24,52H,4-6,8,11,14,17,25-51H2,1-3H3/b10-7-,12-9-,16-13-,18-15-,22-19-,23-20-,24-21-. The third-order valence-corrected chi connectivity index (χ3v) is 10.5. The molecule has 0 aromatic rings. The minimum Gasteiger partial charge on any atom is -0.462 e. The molecule has 0 heterocycles. The van der Waals surface area contributed by atoms with Gasteiger partial charge in [-0.1, -0.05) is 209 Å². The van der Waals surface area contributed by atoms with Crippen LogP contribution in [0, 0.1) is 0 Å². The Bertz CT molecular complexity index is 1200. The van der Waals surface area contributed by atoms with E-state index in [1.165, 1.54) is 89.9 Å². The van der Waals surface area contributed by atoms with Crippen molar-refractivity contribution in [1.29, 1.82) is 0 Å². The summed E-state index contributed by atoms with van der Waals surface area (Å²) in [7, 11) is 0. The summed E-state index contributed by atoms with van der Waals surface area (Å²) in [6, 6.07) is 0. The molecule has 0 N–H and O–H groups in total. The molecular formula is C55H92O6. The first-order valence-electron chi connectivity index (χ1n) is 25.2. The van der Waals surface area contributed by atoms with Crippen molar-refractivity contribution in [1.82, 2.24) is 0 Å². The van der Waals surface area contributed by atoms with Crippen molar-refractivity contribution < 1.29 is 28.6 Å². The summed E-state index contributed by atoms with van der Waals surface area (Å²) >= 11 is 0. The molecule has 1 unspecified atom stereocenters. The van der Waals surface area contributed by atoms with E-state index >= 15 is 0 Å². The van der Waals surface area contributed by atoms with E-state index in [0.29, 0.717) is 19.3 Å². The Morgan fingerprint density at radius 1 is 0.344 bits per heavy atom. The number of ether oxygens (including phenoxy) is 3. The van der Waals surface area contributed by atoms with Crippen molar-refractivity contribution in [3.63, 3.8) is 0 Å². The zero-order valence-corrected chi connectivity index (χ0v) is 39.7. The van der Waals surface area contributed by atoms with Gasteiger partial charge in [0.1, 0.15) is 13.2 Å². The van der Waals surface area contributed by atoms with Gasteiger partial charge >= 0.3 is 17.9 Å². The fraction of sp³-hybridized carbons (Fsp3) is 0.691. The maximum absolute atomic E-state index is 12.8. The average Bonchev–Trinajstić information content (AvgIpc) is 3.26. The van der Waals surface area contributed by atoms with Gasteiger partial charge in [-0.3, -0.25) is 14.4 Å². The third kappa shape index (κ3) is 47.5. The van der Waals surface area contributed by atoms with Crippen LogP contribution in [-0.2, 0) is 28.6 Å². The van der Waals surface area contributed by atoms with Gasteiger partial charge in [-0.2, -0.15) is 0 Å². The lowest BCUT2D eigenvalue weighted by Crippen LogP contribution is -2.30. The maximum Gasteiger partial charge on any atom is 0.306 e. The molecule has 0 fully saturated rings. The average molecular weight is 849 g/mol. The molecular weight excluding hydrogens is 757 g/mol. The molecule has 0 bridgehead atoms.